The van der Waals surface area contributed by atoms with Crippen LogP contribution >= 0.6 is 24.0 Å². The van der Waals surface area contributed by atoms with Crippen LogP contribution in [0, 0.1) is 0 Å². The van der Waals surface area contributed by atoms with Crippen LogP contribution in [-0.2, 0) is 16.7 Å². The molecule has 0 bridgehead atoms. The third-order valence-corrected chi connectivity index (χ3v) is 4.31. The SMILES string of the molecule is CC(C)(C)c1ccc(CN=C(N)NCCCN2CCOCC2)cc1.I. The van der Waals surface area contributed by atoms with Crippen LogP contribution in [-0.4, -0.2) is 50.3 Å². The van der Waals surface area contributed by atoms with Gasteiger partial charge in [-0.1, -0.05) is 45.0 Å². The largest absolute Gasteiger partial charge is 0.379 e. The molecule has 142 valence electrons. The molecule has 0 atom stereocenters. The summed E-state index contributed by atoms with van der Waals surface area (Å²) in [4.78, 5) is 6.85. The summed E-state index contributed by atoms with van der Waals surface area (Å²) in [5.74, 6) is 0.525. The van der Waals surface area contributed by atoms with Crippen molar-refractivity contribution in [3.8, 4) is 0 Å². The molecule has 0 unspecified atom stereocenters. The standard InChI is InChI=1S/C19H32N4O.HI/c1-19(2,3)17-7-5-16(6-8-17)15-22-18(20)21-9-4-10-23-11-13-24-14-12-23;/h5-8H,4,9-15H2,1-3H3,(H3,20,21,22);1H. The third kappa shape index (κ3) is 8.37. The summed E-state index contributed by atoms with van der Waals surface area (Å²) in [5, 5.41) is 3.20. The molecule has 0 saturated carbocycles. The smallest absolute Gasteiger partial charge is 0.188 e. The summed E-state index contributed by atoms with van der Waals surface area (Å²) in [7, 11) is 0. The Labute approximate surface area is 169 Å². The van der Waals surface area contributed by atoms with E-state index >= 15 is 0 Å². The Bertz CT molecular complexity index is 519. The highest BCUT2D eigenvalue weighted by Gasteiger charge is 2.12. The van der Waals surface area contributed by atoms with Crippen molar-refractivity contribution in [2.75, 3.05) is 39.4 Å². The van der Waals surface area contributed by atoms with Crippen LogP contribution in [0.5, 0.6) is 0 Å². The average Bonchev–Trinajstić information content (AvgIpc) is 2.57. The summed E-state index contributed by atoms with van der Waals surface area (Å²) in [5.41, 5.74) is 8.65. The first-order chi connectivity index (χ1) is 11.4. The second-order valence-corrected chi connectivity index (χ2v) is 7.38. The molecule has 0 amide bonds. The zero-order valence-electron chi connectivity index (χ0n) is 15.8. The van der Waals surface area contributed by atoms with Crippen molar-refractivity contribution in [3.05, 3.63) is 35.4 Å². The Morgan fingerprint density at radius 3 is 2.44 bits per heavy atom. The summed E-state index contributed by atoms with van der Waals surface area (Å²) in [6.45, 7) is 13.0. The molecule has 0 aliphatic carbocycles. The molecule has 25 heavy (non-hydrogen) atoms. The molecule has 1 aliphatic rings. The highest BCUT2D eigenvalue weighted by atomic mass is 127. The molecule has 5 nitrogen and oxygen atoms in total. The van der Waals surface area contributed by atoms with Crippen LogP contribution in [0.15, 0.2) is 29.3 Å². The number of guanidine groups is 1. The molecule has 1 aromatic rings. The van der Waals surface area contributed by atoms with Gasteiger partial charge in [0.25, 0.3) is 0 Å². The van der Waals surface area contributed by atoms with Crippen molar-refractivity contribution < 1.29 is 4.74 Å². The maximum Gasteiger partial charge on any atom is 0.188 e. The van der Waals surface area contributed by atoms with Crippen LogP contribution in [0.3, 0.4) is 0 Å². The highest BCUT2D eigenvalue weighted by Crippen LogP contribution is 2.22. The normalized spacial score (nSPS) is 16.4. The number of ether oxygens (including phenoxy) is 1. The topological polar surface area (TPSA) is 62.9 Å². The lowest BCUT2D eigenvalue weighted by Crippen LogP contribution is -2.39. The second-order valence-electron chi connectivity index (χ2n) is 7.38. The van der Waals surface area contributed by atoms with Gasteiger partial charge in [-0.3, -0.25) is 4.90 Å². The molecule has 0 aromatic heterocycles. The Morgan fingerprint density at radius 1 is 1.20 bits per heavy atom. The lowest BCUT2D eigenvalue weighted by atomic mass is 9.87. The monoisotopic (exact) mass is 460 g/mol. The van der Waals surface area contributed by atoms with Crippen molar-refractivity contribution in [3.63, 3.8) is 0 Å². The Kier molecular flexibility index (Phi) is 9.74. The molecule has 6 heteroatoms. The minimum atomic E-state index is 0. The Balaban J connectivity index is 0.00000312. The Hall–Kier alpha value is -0.860. The molecular weight excluding hydrogens is 427 g/mol. The fourth-order valence-corrected chi connectivity index (χ4v) is 2.69. The van der Waals surface area contributed by atoms with Crippen molar-refractivity contribution >= 4 is 29.9 Å². The van der Waals surface area contributed by atoms with Crippen LogP contribution in [0.25, 0.3) is 0 Å². The van der Waals surface area contributed by atoms with Gasteiger partial charge in [-0.05, 0) is 29.5 Å². The number of rotatable bonds is 6. The van der Waals surface area contributed by atoms with E-state index in [0.29, 0.717) is 12.5 Å². The van der Waals surface area contributed by atoms with Gasteiger partial charge in [0.1, 0.15) is 0 Å². The maximum absolute atomic E-state index is 5.95. The lowest BCUT2D eigenvalue weighted by Gasteiger charge is -2.26. The molecule has 0 spiro atoms. The number of aliphatic imine (C=N–C) groups is 1. The van der Waals surface area contributed by atoms with E-state index in [1.54, 1.807) is 0 Å². The van der Waals surface area contributed by atoms with Crippen molar-refractivity contribution in [1.29, 1.82) is 0 Å². The van der Waals surface area contributed by atoms with Gasteiger partial charge in [-0.15, -0.1) is 24.0 Å². The first-order valence-electron chi connectivity index (χ1n) is 8.88. The zero-order valence-corrected chi connectivity index (χ0v) is 18.1. The fourth-order valence-electron chi connectivity index (χ4n) is 2.69. The Morgan fingerprint density at radius 2 is 1.84 bits per heavy atom. The number of hydrogen-bond acceptors (Lipinski definition) is 3. The molecule has 2 rings (SSSR count). The number of halogens is 1. The van der Waals surface area contributed by atoms with Crippen LogP contribution in [0.1, 0.15) is 38.3 Å². The number of benzene rings is 1. The molecule has 0 radical (unpaired) electrons. The summed E-state index contributed by atoms with van der Waals surface area (Å²) in [6, 6.07) is 8.62. The van der Waals surface area contributed by atoms with E-state index in [-0.39, 0.29) is 29.4 Å². The van der Waals surface area contributed by atoms with Gasteiger partial charge in [-0.2, -0.15) is 0 Å². The van der Waals surface area contributed by atoms with Crippen molar-refractivity contribution in [2.24, 2.45) is 10.7 Å². The minimum absolute atomic E-state index is 0. The summed E-state index contributed by atoms with van der Waals surface area (Å²) < 4.78 is 5.35. The number of nitrogens with one attached hydrogen (secondary N) is 1. The van der Waals surface area contributed by atoms with Gasteiger partial charge < -0.3 is 15.8 Å². The highest BCUT2D eigenvalue weighted by molar-refractivity contribution is 14.0. The first kappa shape index (κ1) is 22.2. The second kappa shape index (κ2) is 11.0. The number of nitrogens with zero attached hydrogens (tertiary/aromatic N) is 2. The van der Waals surface area contributed by atoms with Gasteiger partial charge in [-0.25, -0.2) is 4.99 Å². The predicted molar refractivity (Wildman–Crippen MR) is 116 cm³/mol. The summed E-state index contributed by atoms with van der Waals surface area (Å²) >= 11 is 0. The van der Waals surface area contributed by atoms with Crippen LogP contribution in [0.4, 0.5) is 0 Å². The fraction of sp³-hybridized carbons (Fsp3) is 0.632. The number of hydrogen-bond donors (Lipinski definition) is 2. The van der Waals surface area contributed by atoms with Gasteiger partial charge >= 0.3 is 0 Å². The minimum Gasteiger partial charge on any atom is -0.379 e. The van der Waals surface area contributed by atoms with E-state index in [1.807, 2.05) is 0 Å². The van der Waals surface area contributed by atoms with Gasteiger partial charge in [0.15, 0.2) is 5.96 Å². The van der Waals surface area contributed by atoms with Gasteiger partial charge in [0.05, 0.1) is 19.8 Å². The van der Waals surface area contributed by atoms with E-state index in [0.717, 1.165) is 45.8 Å². The molecule has 1 saturated heterocycles. The van der Waals surface area contributed by atoms with E-state index in [1.165, 1.54) is 11.1 Å². The summed E-state index contributed by atoms with van der Waals surface area (Å²) in [6.07, 6.45) is 1.07. The van der Waals surface area contributed by atoms with Crippen LogP contribution < -0.4 is 11.1 Å². The molecule has 1 fully saturated rings. The molecule has 1 aromatic carbocycles. The maximum atomic E-state index is 5.95. The number of morpholine rings is 1. The van der Waals surface area contributed by atoms with Gasteiger partial charge in [0, 0.05) is 19.6 Å². The molecule has 1 aliphatic heterocycles. The van der Waals surface area contributed by atoms with E-state index in [4.69, 9.17) is 10.5 Å². The molecular formula is C19H33IN4O. The average molecular weight is 460 g/mol. The molecule has 3 N–H and O–H groups in total. The predicted octanol–water partition coefficient (Wildman–Crippen LogP) is 2.73. The zero-order chi connectivity index (χ0) is 17.4. The quantitative estimate of drug-likeness (QED) is 0.297. The van der Waals surface area contributed by atoms with E-state index in [9.17, 15) is 0 Å². The van der Waals surface area contributed by atoms with E-state index in [2.05, 4.69) is 60.2 Å². The number of nitrogens with two attached hydrogens (primary N) is 1. The first-order valence-corrected chi connectivity index (χ1v) is 8.88. The van der Waals surface area contributed by atoms with Crippen LogP contribution in [0.2, 0.25) is 0 Å². The van der Waals surface area contributed by atoms with Gasteiger partial charge in [0.2, 0.25) is 0 Å². The van der Waals surface area contributed by atoms with Crippen molar-refractivity contribution in [2.45, 2.75) is 39.2 Å². The third-order valence-electron chi connectivity index (χ3n) is 4.31. The van der Waals surface area contributed by atoms with Crippen molar-refractivity contribution in [1.82, 2.24) is 10.2 Å². The van der Waals surface area contributed by atoms with E-state index < -0.39 is 0 Å². The molecule has 1 heterocycles. The lowest BCUT2D eigenvalue weighted by molar-refractivity contribution is 0.0376.